The lowest BCUT2D eigenvalue weighted by atomic mass is 10.0. The average molecular weight is 262 g/mol. The van der Waals surface area contributed by atoms with Crippen LogP contribution in [0.2, 0.25) is 0 Å². The summed E-state index contributed by atoms with van der Waals surface area (Å²) in [4.78, 5) is 13.6. The molecule has 5 heteroatoms. The number of carbonyl (C=O) groups excluding carboxylic acids is 1. The third kappa shape index (κ3) is 3.47. The predicted molar refractivity (Wildman–Crippen MR) is 78.8 cm³/mol. The van der Waals surface area contributed by atoms with Crippen molar-refractivity contribution in [2.24, 2.45) is 5.73 Å². The fourth-order valence-corrected chi connectivity index (χ4v) is 2.26. The molecule has 0 radical (unpaired) electrons. The fraction of sp³-hybridized carbons (Fsp3) is 0.429. The number of urea groups is 1. The normalized spacial score (nSPS) is 10.1. The smallest absolute Gasteiger partial charge is 0.328 e. The quantitative estimate of drug-likeness (QED) is 0.577. The van der Waals surface area contributed by atoms with E-state index in [0.717, 1.165) is 23.2 Å². The second-order valence-electron chi connectivity index (χ2n) is 4.52. The van der Waals surface area contributed by atoms with Gasteiger partial charge >= 0.3 is 6.03 Å². The molecule has 0 heterocycles. The van der Waals surface area contributed by atoms with E-state index >= 15 is 0 Å². The minimum atomic E-state index is -0.370. The molecular weight excluding hydrogens is 240 g/mol. The van der Waals surface area contributed by atoms with E-state index in [4.69, 9.17) is 11.1 Å². The third-order valence-corrected chi connectivity index (χ3v) is 3.03. The fourth-order valence-electron chi connectivity index (χ4n) is 2.26. The van der Waals surface area contributed by atoms with Crippen LogP contribution in [0.5, 0.6) is 0 Å². The van der Waals surface area contributed by atoms with Crippen molar-refractivity contribution in [3.63, 3.8) is 0 Å². The Morgan fingerprint density at radius 1 is 1.32 bits per heavy atom. The Labute approximate surface area is 114 Å². The number of nitrogens with zero attached hydrogens (tertiary/aromatic N) is 1. The molecule has 0 aliphatic carbocycles. The largest absolute Gasteiger partial charge is 0.370 e. The topological polar surface area (TPSA) is 82.2 Å². The molecule has 0 unspecified atom stereocenters. The maximum atomic E-state index is 12.0. The molecule has 0 aliphatic heterocycles. The molecule has 1 rings (SSSR count). The number of aryl methyl sites for hydroxylation is 3. The van der Waals surface area contributed by atoms with Crippen molar-refractivity contribution in [1.82, 2.24) is 5.32 Å². The van der Waals surface area contributed by atoms with Gasteiger partial charge in [-0.1, -0.05) is 19.1 Å². The lowest BCUT2D eigenvalue weighted by Crippen LogP contribution is -2.46. The van der Waals surface area contributed by atoms with Gasteiger partial charge in [-0.05, 0) is 43.9 Å². The van der Waals surface area contributed by atoms with Crippen LogP contribution in [-0.4, -0.2) is 18.5 Å². The zero-order valence-electron chi connectivity index (χ0n) is 12.0. The Morgan fingerprint density at radius 2 is 1.84 bits per heavy atom. The van der Waals surface area contributed by atoms with Gasteiger partial charge in [-0.25, -0.2) is 4.79 Å². The van der Waals surface area contributed by atoms with Crippen LogP contribution >= 0.6 is 0 Å². The summed E-state index contributed by atoms with van der Waals surface area (Å²) in [5, 5.41) is 9.47. The number of nitrogens with one attached hydrogen (secondary N) is 2. The number of carbonyl (C=O) groups is 1. The van der Waals surface area contributed by atoms with Gasteiger partial charge in [-0.3, -0.25) is 15.6 Å². The van der Waals surface area contributed by atoms with E-state index in [1.807, 2.05) is 20.8 Å². The summed E-state index contributed by atoms with van der Waals surface area (Å²) in [6, 6.07) is 3.81. The van der Waals surface area contributed by atoms with Gasteiger partial charge in [0, 0.05) is 6.54 Å². The summed E-state index contributed by atoms with van der Waals surface area (Å²) in [5.74, 6) is -0.344. The monoisotopic (exact) mass is 262 g/mol. The first kappa shape index (κ1) is 15.0. The van der Waals surface area contributed by atoms with Crippen LogP contribution in [0, 0.1) is 19.3 Å². The van der Waals surface area contributed by atoms with Crippen LogP contribution in [0.15, 0.2) is 12.1 Å². The van der Waals surface area contributed by atoms with E-state index in [-0.39, 0.29) is 12.0 Å². The molecule has 0 saturated carbocycles. The molecule has 19 heavy (non-hydrogen) atoms. The molecular formula is C14H22N4O. The van der Waals surface area contributed by atoms with Gasteiger partial charge in [-0.15, -0.1) is 0 Å². The Balaban J connectivity index is 3.18. The van der Waals surface area contributed by atoms with Crippen LogP contribution in [0.4, 0.5) is 10.5 Å². The first-order valence-corrected chi connectivity index (χ1v) is 6.43. The molecule has 104 valence electrons. The van der Waals surface area contributed by atoms with Crippen LogP contribution in [0.1, 0.15) is 30.5 Å². The highest BCUT2D eigenvalue weighted by Crippen LogP contribution is 2.26. The molecule has 0 fully saturated rings. The summed E-state index contributed by atoms with van der Waals surface area (Å²) in [5.41, 5.74) is 9.46. The lowest BCUT2D eigenvalue weighted by molar-refractivity contribution is 0.250. The molecule has 4 N–H and O–H groups in total. The second kappa shape index (κ2) is 6.22. The summed E-state index contributed by atoms with van der Waals surface area (Å²) in [7, 11) is 0. The molecule has 5 nitrogen and oxygen atoms in total. The number of hydrogen-bond acceptors (Lipinski definition) is 2. The van der Waals surface area contributed by atoms with Crippen molar-refractivity contribution in [3.8, 4) is 0 Å². The zero-order chi connectivity index (χ0) is 14.6. The maximum Gasteiger partial charge on any atom is 0.328 e. The number of rotatable bonds is 3. The number of amides is 2. The van der Waals surface area contributed by atoms with Crippen LogP contribution < -0.4 is 16.0 Å². The molecule has 2 amide bonds. The van der Waals surface area contributed by atoms with Gasteiger partial charge in [0.05, 0.1) is 5.69 Å². The molecule has 0 spiro atoms. The van der Waals surface area contributed by atoms with Crippen molar-refractivity contribution in [3.05, 3.63) is 28.8 Å². The number of guanidine groups is 1. The highest BCUT2D eigenvalue weighted by Gasteiger charge is 2.18. The van der Waals surface area contributed by atoms with E-state index in [0.29, 0.717) is 6.54 Å². The Bertz CT molecular complexity index is 473. The summed E-state index contributed by atoms with van der Waals surface area (Å²) in [6.07, 6.45) is 0.966. The second-order valence-corrected chi connectivity index (χ2v) is 4.52. The number of anilines is 1. The molecule has 0 atom stereocenters. The highest BCUT2D eigenvalue weighted by atomic mass is 16.2. The van der Waals surface area contributed by atoms with Gasteiger partial charge in [0.1, 0.15) is 0 Å². The summed E-state index contributed by atoms with van der Waals surface area (Å²) < 4.78 is 0. The van der Waals surface area contributed by atoms with Gasteiger partial charge in [0.15, 0.2) is 5.96 Å². The van der Waals surface area contributed by atoms with Gasteiger partial charge in [-0.2, -0.15) is 0 Å². The minimum Gasteiger partial charge on any atom is -0.370 e. The standard InChI is InChI=1S/C14H22N4O/c1-5-11-7-9(3)12(10(4)8-11)18(6-2)14(19)17-13(15)16/h7-8H,5-6H2,1-4H3,(H4,15,16,17,19). The first-order chi connectivity index (χ1) is 8.90. The van der Waals surface area contributed by atoms with Crippen LogP contribution in [0.25, 0.3) is 0 Å². The summed E-state index contributed by atoms with van der Waals surface area (Å²) >= 11 is 0. The van der Waals surface area contributed by atoms with E-state index in [9.17, 15) is 4.79 Å². The molecule has 1 aromatic carbocycles. The Hall–Kier alpha value is -2.04. The van der Waals surface area contributed by atoms with Crippen LogP contribution in [-0.2, 0) is 6.42 Å². The number of nitrogens with two attached hydrogens (primary N) is 1. The van der Waals surface area contributed by atoms with E-state index < -0.39 is 0 Å². The molecule has 0 aliphatic rings. The van der Waals surface area contributed by atoms with Gasteiger partial charge in [0.25, 0.3) is 0 Å². The van der Waals surface area contributed by atoms with E-state index in [1.165, 1.54) is 5.56 Å². The maximum absolute atomic E-state index is 12.0. The van der Waals surface area contributed by atoms with Gasteiger partial charge in [0.2, 0.25) is 0 Å². The van der Waals surface area contributed by atoms with Crippen molar-refractivity contribution in [1.29, 1.82) is 5.41 Å². The van der Waals surface area contributed by atoms with Crippen molar-refractivity contribution in [2.45, 2.75) is 34.1 Å². The SMILES string of the molecule is CCc1cc(C)c(N(CC)C(=O)NC(=N)N)c(C)c1. The third-order valence-electron chi connectivity index (χ3n) is 3.03. The van der Waals surface area contributed by atoms with Gasteiger partial charge < -0.3 is 5.73 Å². The van der Waals surface area contributed by atoms with Crippen molar-refractivity contribution < 1.29 is 4.79 Å². The molecule has 0 aromatic heterocycles. The van der Waals surface area contributed by atoms with Crippen LogP contribution in [0.3, 0.4) is 0 Å². The number of benzene rings is 1. The number of hydrogen-bond donors (Lipinski definition) is 3. The van der Waals surface area contributed by atoms with E-state index in [1.54, 1.807) is 4.90 Å². The summed E-state index contributed by atoms with van der Waals surface area (Å²) in [6.45, 7) is 8.50. The van der Waals surface area contributed by atoms with Crippen molar-refractivity contribution in [2.75, 3.05) is 11.4 Å². The molecule has 0 bridgehead atoms. The Kier molecular flexibility index (Phi) is 4.92. The van der Waals surface area contributed by atoms with E-state index in [2.05, 4.69) is 24.4 Å². The Morgan fingerprint density at radius 3 is 2.21 bits per heavy atom. The minimum absolute atomic E-state index is 0.344. The zero-order valence-corrected chi connectivity index (χ0v) is 12.0. The molecule has 0 saturated heterocycles. The van der Waals surface area contributed by atoms with Crippen molar-refractivity contribution >= 4 is 17.7 Å². The highest BCUT2D eigenvalue weighted by molar-refractivity contribution is 6.03. The predicted octanol–water partition coefficient (Wildman–Crippen LogP) is 2.30. The first-order valence-electron chi connectivity index (χ1n) is 6.43. The lowest BCUT2D eigenvalue weighted by Gasteiger charge is -2.25. The average Bonchev–Trinajstić information content (AvgIpc) is 2.32. The molecule has 1 aromatic rings.